The van der Waals surface area contributed by atoms with E-state index in [4.69, 9.17) is 4.74 Å². The molecule has 0 bridgehead atoms. The number of hydrogen-bond acceptors (Lipinski definition) is 2. The van der Waals surface area contributed by atoms with Crippen LogP contribution >= 0.6 is 11.8 Å². The second-order valence-electron chi connectivity index (χ2n) is 2.82. The first-order chi connectivity index (χ1) is 4.47. The molecule has 0 radical (unpaired) electrons. The van der Waals surface area contributed by atoms with Crippen LogP contribution in [-0.4, -0.2) is 24.2 Å². The SMILES string of the molecule is C1CC2CCSCC2O1. The molecule has 2 rings (SSSR count). The highest BCUT2D eigenvalue weighted by Gasteiger charge is 2.30. The Morgan fingerprint density at radius 3 is 3.22 bits per heavy atom. The van der Waals surface area contributed by atoms with E-state index in [-0.39, 0.29) is 0 Å². The van der Waals surface area contributed by atoms with Crippen LogP contribution in [0.3, 0.4) is 0 Å². The molecular formula is C7H12OS. The third-order valence-electron chi connectivity index (χ3n) is 2.26. The van der Waals surface area contributed by atoms with Gasteiger partial charge in [0, 0.05) is 12.4 Å². The van der Waals surface area contributed by atoms with Crippen LogP contribution < -0.4 is 0 Å². The van der Waals surface area contributed by atoms with E-state index in [1.54, 1.807) is 0 Å². The highest BCUT2D eigenvalue weighted by molar-refractivity contribution is 7.99. The maximum absolute atomic E-state index is 5.54. The molecular weight excluding hydrogens is 132 g/mol. The minimum atomic E-state index is 0.628. The molecule has 2 fully saturated rings. The molecule has 0 spiro atoms. The molecule has 2 heterocycles. The van der Waals surface area contributed by atoms with Crippen molar-refractivity contribution >= 4 is 11.8 Å². The molecule has 0 amide bonds. The normalized spacial score (nSPS) is 42.7. The Morgan fingerprint density at radius 1 is 1.33 bits per heavy atom. The Morgan fingerprint density at radius 2 is 2.33 bits per heavy atom. The highest BCUT2D eigenvalue weighted by Crippen LogP contribution is 2.32. The second-order valence-corrected chi connectivity index (χ2v) is 3.97. The molecule has 2 aliphatic rings. The lowest BCUT2D eigenvalue weighted by Crippen LogP contribution is -2.23. The lowest BCUT2D eigenvalue weighted by atomic mass is 9.99. The van der Waals surface area contributed by atoms with Gasteiger partial charge in [0.25, 0.3) is 0 Å². The molecule has 0 N–H and O–H groups in total. The molecule has 2 aliphatic heterocycles. The van der Waals surface area contributed by atoms with Gasteiger partial charge in [0.1, 0.15) is 0 Å². The van der Waals surface area contributed by atoms with Gasteiger partial charge in [0.15, 0.2) is 0 Å². The van der Waals surface area contributed by atoms with Crippen LogP contribution in [0.2, 0.25) is 0 Å². The summed E-state index contributed by atoms with van der Waals surface area (Å²) in [6, 6.07) is 0. The average Bonchev–Trinajstić information content (AvgIpc) is 2.33. The molecule has 2 atom stereocenters. The van der Waals surface area contributed by atoms with Gasteiger partial charge >= 0.3 is 0 Å². The van der Waals surface area contributed by atoms with E-state index in [1.165, 1.54) is 24.3 Å². The smallest absolute Gasteiger partial charge is 0.0694 e. The van der Waals surface area contributed by atoms with Gasteiger partial charge in [-0.2, -0.15) is 11.8 Å². The lowest BCUT2D eigenvalue weighted by Gasteiger charge is -2.22. The summed E-state index contributed by atoms with van der Waals surface area (Å²) in [6.07, 6.45) is 3.35. The van der Waals surface area contributed by atoms with Crippen LogP contribution in [0.4, 0.5) is 0 Å². The maximum Gasteiger partial charge on any atom is 0.0694 e. The molecule has 0 aromatic heterocycles. The predicted octanol–water partition coefficient (Wildman–Crippen LogP) is 1.53. The summed E-state index contributed by atoms with van der Waals surface area (Å²) in [7, 11) is 0. The third kappa shape index (κ3) is 1.10. The van der Waals surface area contributed by atoms with Gasteiger partial charge in [-0.1, -0.05) is 0 Å². The van der Waals surface area contributed by atoms with Gasteiger partial charge in [-0.05, 0) is 24.5 Å². The van der Waals surface area contributed by atoms with Crippen molar-refractivity contribution < 1.29 is 4.74 Å². The fourth-order valence-electron chi connectivity index (χ4n) is 1.64. The van der Waals surface area contributed by atoms with E-state index in [0.717, 1.165) is 12.5 Å². The molecule has 9 heavy (non-hydrogen) atoms. The topological polar surface area (TPSA) is 9.23 Å². The fourth-order valence-corrected chi connectivity index (χ4v) is 2.88. The van der Waals surface area contributed by atoms with Gasteiger partial charge in [-0.25, -0.2) is 0 Å². The van der Waals surface area contributed by atoms with E-state index < -0.39 is 0 Å². The molecule has 1 nitrogen and oxygen atoms in total. The quantitative estimate of drug-likeness (QED) is 0.510. The van der Waals surface area contributed by atoms with Crippen molar-refractivity contribution in [3.8, 4) is 0 Å². The number of hydrogen-bond donors (Lipinski definition) is 0. The summed E-state index contributed by atoms with van der Waals surface area (Å²) in [6.45, 7) is 1.02. The van der Waals surface area contributed by atoms with Gasteiger partial charge in [0.2, 0.25) is 0 Å². The first-order valence-electron chi connectivity index (χ1n) is 3.66. The molecule has 2 heteroatoms. The summed E-state index contributed by atoms with van der Waals surface area (Å²) < 4.78 is 5.54. The predicted molar refractivity (Wildman–Crippen MR) is 39.8 cm³/mol. The lowest BCUT2D eigenvalue weighted by molar-refractivity contribution is 0.107. The molecule has 0 saturated carbocycles. The minimum absolute atomic E-state index is 0.628. The zero-order valence-corrected chi connectivity index (χ0v) is 6.32. The first kappa shape index (κ1) is 6.05. The second kappa shape index (κ2) is 2.51. The molecule has 0 aromatic carbocycles. The summed E-state index contributed by atoms with van der Waals surface area (Å²) in [5.41, 5.74) is 0. The number of thioether (sulfide) groups is 1. The van der Waals surface area contributed by atoms with Crippen LogP contribution in [0.5, 0.6) is 0 Å². The largest absolute Gasteiger partial charge is 0.377 e. The summed E-state index contributed by atoms with van der Waals surface area (Å²) in [5.74, 6) is 3.54. The Hall–Kier alpha value is 0.310. The van der Waals surface area contributed by atoms with E-state index >= 15 is 0 Å². The van der Waals surface area contributed by atoms with Crippen LogP contribution in [0.15, 0.2) is 0 Å². The molecule has 2 saturated heterocycles. The standard InChI is InChI=1S/C7H12OS/c1-3-8-7-5-9-4-2-6(1)7/h6-7H,1-5H2. The maximum atomic E-state index is 5.54. The molecule has 52 valence electrons. The Balaban J connectivity index is 1.97. The molecule has 0 aliphatic carbocycles. The fraction of sp³-hybridized carbons (Fsp3) is 1.00. The van der Waals surface area contributed by atoms with Crippen LogP contribution in [-0.2, 0) is 4.74 Å². The van der Waals surface area contributed by atoms with Crippen LogP contribution in [0.1, 0.15) is 12.8 Å². The van der Waals surface area contributed by atoms with Crippen molar-refractivity contribution in [2.24, 2.45) is 5.92 Å². The number of rotatable bonds is 0. The minimum Gasteiger partial charge on any atom is -0.377 e. The van der Waals surface area contributed by atoms with Crippen molar-refractivity contribution in [1.29, 1.82) is 0 Å². The van der Waals surface area contributed by atoms with Gasteiger partial charge in [-0.15, -0.1) is 0 Å². The molecule has 0 aromatic rings. The first-order valence-corrected chi connectivity index (χ1v) is 4.81. The summed E-state index contributed by atoms with van der Waals surface area (Å²) in [5, 5.41) is 0. The van der Waals surface area contributed by atoms with Crippen LogP contribution in [0, 0.1) is 5.92 Å². The zero-order valence-electron chi connectivity index (χ0n) is 5.51. The monoisotopic (exact) mass is 144 g/mol. The van der Waals surface area contributed by atoms with E-state index in [1.807, 2.05) is 11.8 Å². The van der Waals surface area contributed by atoms with E-state index in [0.29, 0.717) is 6.10 Å². The Labute approximate surface area is 60.2 Å². The highest BCUT2D eigenvalue weighted by atomic mass is 32.2. The van der Waals surface area contributed by atoms with Crippen molar-refractivity contribution in [2.75, 3.05) is 18.1 Å². The van der Waals surface area contributed by atoms with E-state index in [9.17, 15) is 0 Å². The summed E-state index contributed by atoms with van der Waals surface area (Å²) in [4.78, 5) is 0. The van der Waals surface area contributed by atoms with Gasteiger partial charge < -0.3 is 4.74 Å². The van der Waals surface area contributed by atoms with Crippen LogP contribution in [0.25, 0.3) is 0 Å². The summed E-state index contributed by atoms with van der Waals surface area (Å²) >= 11 is 2.05. The van der Waals surface area contributed by atoms with Crippen molar-refractivity contribution in [1.82, 2.24) is 0 Å². The zero-order chi connectivity index (χ0) is 6.10. The Kier molecular flexibility index (Phi) is 1.68. The van der Waals surface area contributed by atoms with E-state index in [2.05, 4.69) is 0 Å². The molecule has 2 unspecified atom stereocenters. The number of fused-ring (bicyclic) bond motifs is 1. The van der Waals surface area contributed by atoms with Crippen molar-refractivity contribution in [3.63, 3.8) is 0 Å². The number of ether oxygens (including phenoxy) is 1. The third-order valence-corrected chi connectivity index (χ3v) is 3.35. The van der Waals surface area contributed by atoms with Gasteiger partial charge in [-0.3, -0.25) is 0 Å². The van der Waals surface area contributed by atoms with Crippen molar-refractivity contribution in [2.45, 2.75) is 18.9 Å². The van der Waals surface area contributed by atoms with Crippen molar-refractivity contribution in [3.05, 3.63) is 0 Å². The van der Waals surface area contributed by atoms with Gasteiger partial charge in [0.05, 0.1) is 6.10 Å². The average molecular weight is 144 g/mol. The Bertz CT molecular complexity index is 93.1.